The number of carbonyl (C=O) groups is 1. The van der Waals surface area contributed by atoms with Crippen molar-refractivity contribution >= 4 is 5.91 Å². The van der Waals surface area contributed by atoms with Crippen LogP contribution in [0.1, 0.15) is 38.2 Å². The van der Waals surface area contributed by atoms with Crippen LogP contribution in [0.2, 0.25) is 0 Å². The Bertz CT molecular complexity index is 504. The van der Waals surface area contributed by atoms with Crippen LogP contribution in [0, 0.1) is 11.2 Å². The molecule has 2 aliphatic rings. The Labute approximate surface area is 125 Å². The second-order valence-electron chi connectivity index (χ2n) is 6.63. The quantitative estimate of drug-likeness (QED) is 0.924. The zero-order chi connectivity index (χ0) is 14.9. The van der Waals surface area contributed by atoms with E-state index in [2.05, 4.69) is 12.2 Å². The van der Waals surface area contributed by atoms with Gasteiger partial charge in [0.15, 0.2) is 0 Å². The Hall–Kier alpha value is -1.42. The first-order chi connectivity index (χ1) is 10.1. The molecule has 4 heteroatoms. The predicted molar refractivity (Wildman–Crippen MR) is 80.2 cm³/mol. The number of hydrogen-bond donors (Lipinski definition) is 1. The average molecular weight is 290 g/mol. The fourth-order valence-corrected chi connectivity index (χ4v) is 3.12. The third kappa shape index (κ3) is 3.26. The fraction of sp³-hybridized carbons (Fsp3) is 0.588. The minimum atomic E-state index is -0.291. The summed E-state index contributed by atoms with van der Waals surface area (Å²) in [5.41, 5.74) is 0.713. The largest absolute Gasteiger partial charge is 0.335 e. The molecule has 1 saturated carbocycles. The Morgan fingerprint density at radius 3 is 2.67 bits per heavy atom. The highest BCUT2D eigenvalue weighted by molar-refractivity contribution is 5.83. The Morgan fingerprint density at radius 1 is 1.38 bits per heavy atom. The molecule has 1 aromatic carbocycles. The molecule has 1 saturated heterocycles. The number of hydrogen-bond acceptors (Lipinski definition) is 2. The molecular formula is C17H23FN2O. The van der Waals surface area contributed by atoms with Crippen molar-refractivity contribution in [3.05, 3.63) is 35.6 Å². The molecule has 3 rings (SSSR count). The maximum absolute atomic E-state index is 13.0. The van der Waals surface area contributed by atoms with Crippen LogP contribution in [0.3, 0.4) is 0 Å². The maximum atomic E-state index is 13.0. The molecule has 1 unspecified atom stereocenters. The number of nitrogens with zero attached hydrogens (tertiary/aromatic N) is 1. The van der Waals surface area contributed by atoms with Crippen molar-refractivity contribution in [3.63, 3.8) is 0 Å². The zero-order valence-corrected chi connectivity index (χ0v) is 12.6. The first-order valence-corrected chi connectivity index (χ1v) is 7.85. The smallest absolute Gasteiger partial charge is 0.230 e. The molecule has 1 aliphatic heterocycles. The summed E-state index contributed by atoms with van der Waals surface area (Å²) < 4.78 is 13.0. The number of piperidine rings is 1. The average Bonchev–Trinajstić information content (AvgIpc) is 3.31. The van der Waals surface area contributed by atoms with Crippen LogP contribution in [-0.2, 0) is 11.3 Å². The summed E-state index contributed by atoms with van der Waals surface area (Å²) in [6, 6.07) is 6.86. The topological polar surface area (TPSA) is 32.3 Å². The number of carbonyl (C=O) groups excluding carboxylic acids is 1. The number of benzene rings is 1. The predicted octanol–water partition coefficient (Wildman–Crippen LogP) is 2.71. The fourth-order valence-electron chi connectivity index (χ4n) is 3.12. The van der Waals surface area contributed by atoms with E-state index in [-0.39, 0.29) is 17.1 Å². The second kappa shape index (κ2) is 5.76. The summed E-state index contributed by atoms with van der Waals surface area (Å²) in [6.45, 7) is 4.43. The minimum absolute atomic E-state index is 0.230. The van der Waals surface area contributed by atoms with Gasteiger partial charge < -0.3 is 10.2 Å². The first kappa shape index (κ1) is 14.5. The highest BCUT2D eigenvalue weighted by Crippen LogP contribution is 2.35. The summed E-state index contributed by atoms with van der Waals surface area (Å²) in [4.78, 5) is 15.0. The van der Waals surface area contributed by atoms with Crippen molar-refractivity contribution in [1.29, 1.82) is 0 Å². The van der Waals surface area contributed by atoms with E-state index in [4.69, 9.17) is 0 Å². The number of halogens is 1. The second-order valence-corrected chi connectivity index (χ2v) is 6.63. The van der Waals surface area contributed by atoms with Gasteiger partial charge in [-0.15, -0.1) is 0 Å². The van der Waals surface area contributed by atoms with Gasteiger partial charge in [0, 0.05) is 19.1 Å². The van der Waals surface area contributed by atoms with Crippen LogP contribution < -0.4 is 5.32 Å². The van der Waals surface area contributed by atoms with Crippen molar-refractivity contribution in [1.82, 2.24) is 10.2 Å². The summed E-state index contributed by atoms with van der Waals surface area (Å²) in [5, 5.41) is 3.34. The van der Waals surface area contributed by atoms with Crippen LogP contribution in [0.5, 0.6) is 0 Å². The molecule has 3 nitrogen and oxygen atoms in total. The molecule has 114 valence electrons. The van der Waals surface area contributed by atoms with E-state index in [0.717, 1.165) is 44.3 Å². The lowest BCUT2D eigenvalue weighted by Gasteiger charge is -2.37. The van der Waals surface area contributed by atoms with E-state index < -0.39 is 0 Å². The third-order valence-electron chi connectivity index (χ3n) is 4.63. The molecule has 1 heterocycles. The molecule has 0 bridgehead atoms. The molecular weight excluding hydrogens is 267 g/mol. The van der Waals surface area contributed by atoms with Crippen LogP contribution in [0.4, 0.5) is 4.39 Å². The lowest BCUT2D eigenvalue weighted by molar-refractivity contribution is -0.143. The highest BCUT2D eigenvalue weighted by Gasteiger charge is 2.42. The van der Waals surface area contributed by atoms with Crippen molar-refractivity contribution in [3.8, 4) is 0 Å². The molecule has 1 aliphatic carbocycles. The van der Waals surface area contributed by atoms with E-state index in [1.165, 1.54) is 12.1 Å². The first-order valence-electron chi connectivity index (χ1n) is 7.85. The molecule has 1 amide bonds. The van der Waals surface area contributed by atoms with Gasteiger partial charge in [0.25, 0.3) is 0 Å². The van der Waals surface area contributed by atoms with Gasteiger partial charge in [0.1, 0.15) is 5.82 Å². The molecule has 1 N–H and O–H groups in total. The van der Waals surface area contributed by atoms with Gasteiger partial charge in [-0.05, 0) is 56.8 Å². The Kier molecular flexibility index (Phi) is 3.98. The summed E-state index contributed by atoms with van der Waals surface area (Å²) in [6.07, 6.45) is 4.19. The third-order valence-corrected chi connectivity index (χ3v) is 4.63. The standard InChI is InChI=1S/C17H23FN2O/c1-17(9-2-10-19-12-17)16(21)20(15-7-8-15)11-13-3-5-14(18)6-4-13/h3-6,15,19H,2,7-12H2,1H3. The van der Waals surface area contributed by atoms with Gasteiger partial charge in [-0.1, -0.05) is 12.1 Å². The highest BCUT2D eigenvalue weighted by atomic mass is 19.1. The van der Waals surface area contributed by atoms with Crippen molar-refractivity contribution in [2.24, 2.45) is 5.41 Å². The molecule has 1 atom stereocenters. The van der Waals surface area contributed by atoms with Gasteiger partial charge in [0.05, 0.1) is 5.41 Å². The van der Waals surface area contributed by atoms with Gasteiger partial charge in [-0.2, -0.15) is 0 Å². The van der Waals surface area contributed by atoms with E-state index in [1.807, 2.05) is 4.90 Å². The number of rotatable bonds is 4. The summed E-state index contributed by atoms with van der Waals surface area (Å²) in [5.74, 6) is 0.0213. The van der Waals surface area contributed by atoms with Gasteiger partial charge >= 0.3 is 0 Å². The maximum Gasteiger partial charge on any atom is 0.230 e. The van der Waals surface area contributed by atoms with Crippen LogP contribution in [0.25, 0.3) is 0 Å². The lowest BCUT2D eigenvalue weighted by atomic mass is 9.81. The normalized spacial score (nSPS) is 25.6. The SMILES string of the molecule is CC1(C(=O)N(Cc2ccc(F)cc2)C2CC2)CCCNC1. The minimum Gasteiger partial charge on any atom is -0.335 e. The van der Waals surface area contributed by atoms with Crippen molar-refractivity contribution in [2.75, 3.05) is 13.1 Å². The number of amides is 1. The molecule has 0 radical (unpaired) electrons. The molecule has 1 aromatic rings. The van der Waals surface area contributed by atoms with E-state index in [0.29, 0.717) is 12.6 Å². The van der Waals surface area contributed by atoms with Crippen molar-refractivity contribution < 1.29 is 9.18 Å². The lowest BCUT2D eigenvalue weighted by Crippen LogP contribution is -2.50. The van der Waals surface area contributed by atoms with Gasteiger partial charge in [-0.25, -0.2) is 4.39 Å². The number of nitrogens with one attached hydrogen (secondary N) is 1. The summed E-state index contributed by atoms with van der Waals surface area (Å²) >= 11 is 0. The zero-order valence-electron chi connectivity index (χ0n) is 12.6. The van der Waals surface area contributed by atoms with Gasteiger partial charge in [-0.3, -0.25) is 4.79 Å². The van der Waals surface area contributed by atoms with Crippen molar-refractivity contribution in [2.45, 2.75) is 45.2 Å². The van der Waals surface area contributed by atoms with Crippen LogP contribution >= 0.6 is 0 Å². The monoisotopic (exact) mass is 290 g/mol. The molecule has 2 fully saturated rings. The Morgan fingerprint density at radius 2 is 2.10 bits per heavy atom. The van der Waals surface area contributed by atoms with E-state index in [9.17, 15) is 9.18 Å². The van der Waals surface area contributed by atoms with Crippen LogP contribution in [-0.4, -0.2) is 29.9 Å². The Balaban J connectivity index is 1.74. The molecule has 0 aromatic heterocycles. The molecule has 0 spiro atoms. The molecule has 21 heavy (non-hydrogen) atoms. The van der Waals surface area contributed by atoms with E-state index in [1.54, 1.807) is 12.1 Å². The summed E-state index contributed by atoms with van der Waals surface area (Å²) in [7, 11) is 0. The van der Waals surface area contributed by atoms with Crippen LogP contribution in [0.15, 0.2) is 24.3 Å². The van der Waals surface area contributed by atoms with E-state index >= 15 is 0 Å². The van der Waals surface area contributed by atoms with Gasteiger partial charge in [0.2, 0.25) is 5.91 Å².